The van der Waals surface area contributed by atoms with E-state index < -0.39 is 4.92 Å². The number of aromatic nitrogens is 1. The highest BCUT2D eigenvalue weighted by atomic mass is 16.6. The molecule has 7 heteroatoms. The molecule has 0 amide bonds. The molecule has 21 heavy (non-hydrogen) atoms. The van der Waals surface area contributed by atoms with Crippen LogP contribution >= 0.6 is 0 Å². The smallest absolute Gasteiger partial charge is 0.311 e. The number of nitrogens with one attached hydrogen (secondary N) is 1. The zero-order valence-corrected chi connectivity index (χ0v) is 12.1. The number of nitriles is 1. The monoisotopic (exact) mass is 289 g/mol. The number of nitro groups is 1. The van der Waals surface area contributed by atoms with Gasteiger partial charge in [0.2, 0.25) is 5.82 Å². The van der Waals surface area contributed by atoms with Gasteiger partial charge in [-0.25, -0.2) is 4.98 Å². The van der Waals surface area contributed by atoms with Crippen molar-refractivity contribution < 1.29 is 4.92 Å². The van der Waals surface area contributed by atoms with E-state index in [9.17, 15) is 10.1 Å². The molecule has 2 rings (SSSR count). The van der Waals surface area contributed by atoms with Crippen molar-refractivity contribution in [3.63, 3.8) is 0 Å². The molecule has 1 fully saturated rings. The minimum Gasteiger partial charge on any atom is -0.370 e. The van der Waals surface area contributed by atoms with Gasteiger partial charge in [-0.15, -0.1) is 0 Å². The fourth-order valence-corrected chi connectivity index (χ4v) is 2.16. The number of anilines is 2. The Balaban J connectivity index is 2.31. The SMILES string of the molecule is CCCNc1ccc([N+](=O)[O-])c(N(CCC#N)C2CC2)n1. The topological polar surface area (TPSA) is 95.1 Å². The lowest BCUT2D eigenvalue weighted by Crippen LogP contribution is -2.28. The van der Waals surface area contributed by atoms with E-state index in [0.717, 1.165) is 25.8 Å². The van der Waals surface area contributed by atoms with E-state index in [1.54, 1.807) is 6.07 Å². The normalized spacial score (nSPS) is 13.5. The fourth-order valence-electron chi connectivity index (χ4n) is 2.16. The van der Waals surface area contributed by atoms with Crippen molar-refractivity contribution in [1.82, 2.24) is 4.98 Å². The summed E-state index contributed by atoms with van der Waals surface area (Å²) in [5, 5.41) is 23.1. The molecule has 0 unspecified atom stereocenters. The molecule has 1 aromatic rings. The summed E-state index contributed by atoms with van der Waals surface area (Å²) in [6, 6.07) is 5.48. The highest BCUT2D eigenvalue weighted by molar-refractivity contribution is 5.63. The van der Waals surface area contributed by atoms with Gasteiger partial charge in [-0.05, 0) is 25.3 Å². The van der Waals surface area contributed by atoms with E-state index in [4.69, 9.17) is 5.26 Å². The Labute approximate surface area is 123 Å². The fraction of sp³-hybridized carbons (Fsp3) is 0.571. The van der Waals surface area contributed by atoms with Crippen molar-refractivity contribution in [2.24, 2.45) is 0 Å². The lowest BCUT2D eigenvalue weighted by atomic mass is 10.3. The first kappa shape index (κ1) is 15.0. The van der Waals surface area contributed by atoms with Crippen LogP contribution in [0.1, 0.15) is 32.6 Å². The summed E-state index contributed by atoms with van der Waals surface area (Å²) < 4.78 is 0. The summed E-state index contributed by atoms with van der Waals surface area (Å²) in [7, 11) is 0. The van der Waals surface area contributed by atoms with Crippen molar-refractivity contribution in [1.29, 1.82) is 5.26 Å². The van der Waals surface area contributed by atoms with E-state index in [0.29, 0.717) is 24.6 Å². The van der Waals surface area contributed by atoms with E-state index in [1.807, 2.05) is 11.8 Å². The average molecular weight is 289 g/mol. The largest absolute Gasteiger partial charge is 0.370 e. The molecule has 0 spiro atoms. The van der Waals surface area contributed by atoms with Crippen LogP contribution in [-0.2, 0) is 0 Å². The molecule has 1 aliphatic rings. The second kappa shape index (κ2) is 6.88. The van der Waals surface area contributed by atoms with Gasteiger partial charge in [0.15, 0.2) is 0 Å². The summed E-state index contributed by atoms with van der Waals surface area (Å²) in [5.41, 5.74) is 0.00175. The molecule has 0 aromatic carbocycles. The third-order valence-electron chi connectivity index (χ3n) is 3.33. The Morgan fingerprint density at radius 3 is 2.90 bits per heavy atom. The Bertz CT molecular complexity index is 551. The predicted molar refractivity (Wildman–Crippen MR) is 80.3 cm³/mol. The number of hydrogen-bond donors (Lipinski definition) is 1. The van der Waals surface area contributed by atoms with E-state index in [1.165, 1.54) is 6.07 Å². The quantitative estimate of drug-likeness (QED) is 0.584. The number of nitrogens with zero attached hydrogens (tertiary/aromatic N) is 4. The van der Waals surface area contributed by atoms with Gasteiger partial charge in [0.1, 0.15) is 5.82 Å². The summed E-state index contributed by atoms with van der Waals surface area (Å²) in [6.45, 7) is 3.29. The molecule has 1 N–H and O–H groups in total. The van der Waals surface area contributed by atoms with Gasteiger partial charge in [-0.1, -0.05) is 6.92 Å². The summed E-state index contributed by atoms with van der Waals surface area (Å²) in [5.74, 6) is 1.01. The standard InChI is InChI=1S/C14H19N5O2/c1-2-9-16-13-7-6-12(19(20)21)14(17-13)18(10-3-8-15)11-4-5-11/h6-7,11H,2-5,9-10H2,1H3,(H,16,17). The molecule has 0 aliphatic heterocycles. The zero-order chi connectivity index (χ0) is 15.2. The zero-order valence-electron chi connectivity index (χ0n) is 12.1. The highest BCUT2D eigenvalue weighted by Crippen LogP contribution is 2.36. The van der Waals surface area contributed by atoms with Crippen LogP contribution in [-0.4, -0.2) is 29.0 Å². The molecular formula is C14H19N5O2. The minimum atomic E-state index is -0.409. The number of rotatable bonds is 8. The maximum Gasteiger partial charge on any atom is 0.311 e. The van der Waals surface area contributed by atoms with Crippen LogP contribution in [0, 0.1) is 21.4 Å². The second-order valence-electron chi connectivity index (χ2n) is 5.06. The molecule has 0 atom stereocenters. The molecule has 1 aliphatic carbocycles. The lowest BCUT2D eigenvalue weighted by molar-refractivity contribution is -0.384. The first-order valence-electron chi connectivity index (χ1n) is 7.20. The van der Waals surface area contributed by atoms with E-state index in [-0.39, 0.29) is 11.7 Å². The van der Waals surface area contributed by atoms with Gasteiger partial charge in [0, 0.05) is 25.2 Å². The van der Waals surface area contributed by atoms with Gasteiger partial charge in [0.05, 0.1) is 17.4 Å². The molecule has 1 aromatic heterocycles. The van der Waals surface area contributed by atoms with Gasteiger partial charge in [-0.2, -0.15) is 5.26 Å². The molecule has 0 radical (unpaired) electrons. The molecule has 1 saturated carbocycles. The first-order chi connectivity index (χ1) is 10.2. The van der Waals surface area contributed by atoms with Crippen LogP contribution in [0.25, 0.3) is 0 Å². The van der Waals surface area contributed by atoms with Crippen LogP contribution in [0.5, 0.6) is 0 Å². The molecule has 7 nitrogen and oxygen atoms in total. The maximum absolute atomic E-state index is 11.2. The molecule has 0 saturated heterocycles. The highest BCUT2D eigenvalue weighted by Gasteiger charge is 2.34. The molecule has 1 heterocycles. The van der Waals surface area contributed by atoms with Crippen molar-refractivity contribution >= 4 is 17.3 Å². The van der Waals surface area contributed by atoms with Crippen LogP contribution in [0.15, 0.2) is 12.1 Å². The number of hydrogen-bond acceptors (Lipinski definition) is 6. The Kier molecular flexibility index (Phi) is 4.93. The minimum absolute atomic E-state index is 0.00175. The Morgan fingerprint density at radius 1 is 1.57 bits per heavy atom. The van der Waals surface area contributed by atoms with E-state index in [2.05, 4.69) is 16.4 Å². The Hall–Kier alpha value is -2.36. The van der Waals surface area contributed by atoms with Crippen LogP contribution in [0.4, 0.5) is 17.3 Å². The third-order valence-corrected chi connectivity index (χ3v) is 3.33. The van der Waals surface area contributed by atoms with Crippen LogP contribution in [0.3, 0.4) is 0 Å². The summed E-state index contributed by atoms with van der Waals surface area (Å²) in [4.78, 5) is 17.1. The summed E-state index contributed by atoms with van der Waals surface area (Å²) >= 11 is 0. The van der Waals surface area contributed by atoms with Crippen LogP contribution < -0.4 is 10.2 Å². The van der Waals surface area contributed by atoms with Gasteiger partial charge in [0.25, 0.3) is 0 Å². The van der Waals surface area contributed by atoms with Gasteiger partial charge in [-0.3, -0.25) is 10.1 Å². The molecule has 0 bridgehead atoms. The third kappa shape index (κ3) is 3.81. The molecule has 112 valence electrons. The van der Waals surface area contributed by atoms with E-state index >= 15 is 0 Å². The van der Waals surface area contributed by atoms with Crippen molar-refractivity contribution in [2.75, 3.05) is 23.3 Å². The average Bonchev–Trinajstić information content (AvgIpc) is 3.30. The molecular weight excluding hydrogens is 270 g/mol. The lowest BCUT2D eigenvalue weighted by Gasteiger charge is -2.22. The van der Waals surface area contributed by atoms with Gasteiger partial charge >= 0.3 is 5.69 Å². The number of pyridine rings is 1. The van der Waals surface area contributed by atoms with Crippen molar-refractivity contribution in [3.8, 4) is 6.07 Å². The van der Waals surface area contributed by atoms with Gasteiger partial charge < -0.3 is 10.2 Å². The summed E-state index contributed by atoms with van der Waals surface area (Å²) in [6.07, 6.45) is 3.28. The Morgan fingerprint density at radius 2 is 2.33 bits per heavy atom. The first-order valence-corrected chi connectivity index (χ1v) is 7.20. The van der Waals surface area contributed by atoms with Crippen LogP contribution in [0.2, 0.25) is 0 Å². The maximum atomic E-state index is 11.2. The predicted octanol–water partition coefficient (Wildman–Crippen LogP) is 2.69. The van der Waals surface area contributed by atoms with Crippen molar-refractivity contribution in [3.05, 3.63) is 22.2 Å². The van der Waals surface area contributed by atoms with Crippen molar-refractivity contribution in [2.45, 2.75) is 38.6 Å². The second-order valence-corrected chi connectivity index (χ2v) is 5.06.